The molecule has 2 atom stereocenters. The number of anilines is 1. The molecule has 0 radical (unpaired) electrons. The minimum atomic E-state index is -4.42. The van der Waals surface area contributed by atoms with Crippen LogP contribution in [0.15, 0.2) is 0 Å². The topological polar surface area (TPSA) is 38.2 Å². The lowest BCUT2D eigenvalue weighted by Gasteiger charge is -2.35. The lowest BCUT2D eigenvalue weighted by Crippen LogP contribution is -2.43. The van der Waals surface area contributed by atoms with E-state index in [-0.39, 0.29) is 6.10 Å². The van der Waals surface area contributed by atoms with Crippen LogP contribution in [0.2, 0.25) is 0 Å². The highest BCUT2D eigenvalue weighted by atomic mass is 32.1. The summed E-state index contributed by atoms with van der Waals surface area (Å²) in [4.78, 5) is 1.81. The molecule has 2 heterocycles. The van der Waals surface area contributed by atoms with Crippen LogP contribution in [-0.4, -0.2) is 36.5 Å². The number of hydrogen-bond donors (Lipinski definition) is 0. The largest absolute Gasteiger partial charge is 0.445 e. The van der Waals surface area contributed by atoms with Gasteiger partial charge < -0.3 is 9.64 Å². The van der Waals surface area contributed by atoms with Gasteiger partial charge in [0, 0.05) is 20.2 Å². The monoisotopic (exact) mass is 281 g/mol. The van der Waals surface area contributed by atoms with E-state index in [9.17, 15) is 13.2 Å². The third-order valence-corrected chi connectivity index (χ3v) is 4.15. The average molecular weight is 281 g/mol. The highest BCUT2D eigenvalue weighted by Gasteiger charge is 2.37. The number of nitrogens with zero attached hydrogens (tertiary/aromatic N) is 3. The van der Waals surface area contributed by atoms with Crippen LogP contribution < -0.4 is 4.90 Å². The molecule has 0 amide bonds. The summed E-state index contributed by atoms with van der Waals surface area (Å²) >= 11 is 0.583. The van der Waals surface area contributed by atoms with E-state index in [2.05, 4.69) is 17.1 Å². The Bertz CT molecular complexity index is 409. The molecule has 4 nitrogen and oxygen atoms in total. The normalized spacial score (nSPS) is 25.5. The van der Waals surface area contributed by atoms with Crippen molar-refractivity contribution >= 4 is 16.5 Å². The Morgan fingerprint density at radius 2 is 2.11 bits per heavy atom. The van der Waals surface area contributed by atoms with E-state index in [1.54, 1.807) is 12.0 Å². The molecular weight excluding hydrogens is 267 g/mol. The van der Waals surface area contributed by atoms with E-state index in [1.165, 1.54) is 0 Å². The molecular formula is C10H14F3N3OS. The van der Waals surface area contributed by atoms with Crippen molar-refractivity contribution in [3.63, 3.8) is 0 Å². The Hall–Kier alpha value is -0.890. The van der Waals surface area contributed by atoms with Crippen LogP contribution >= 0.6 is 11.3 Å². The molecule has 0 bridgehead atoms. The maximum absolute atomic E-state index is 12.4. The second-order valence-corrected chi connectivity index (χ2v) is 5.33. The van der Waals surface area contributed by atoms with Gasteiger partial charge in [0.1, 0.15) is 0 Å². The lowest BCUT2D eigenvalue weighted by atomic mass is 9.96. The molecule has 0 aliphatic carbocycles. The minimum absolute atomic E-state index is 0.0250. The first kappa shape index (κ1) is 13.5. The van der Waals surface area contributed by atoms with Crippen molar-refractivity contribution in [3.05, 3.63) is 5.01 Å². The maximum Gasteiger partial charge on any atom is 0.445 e. The fourth-order valence-corrected chi connectivity index (χ4v) is 2.72. The highest BCUT2D eigenvalue weighted by Crippen LogP contribution is 2.35. The average Bonchev–Trinajstić information content (AvgIpc) is 2.78. The fourth-order valence-electron chi connectivity index (χ4n) is 1.97. The Morgan fingerprint density at radius 1 is 1.39 bits per heavy atom. The van der Waals surface area contributed by atoms with Gasteiger partial charge in [0.15, 0.2) is 0 Å². The van der Waals surface area contributed by atoms with Crippen molar-refractivity contribution in [2.24, 2.45) is 5.92 Å². The molecule has 18 heavy (non-hydrogen) atoms. The zero-order chi connectivity index (χ0) is 13.3. The Kier molecular flexibility index (Phi) is 3.76. The summed E-state index contributed by atoms with van der Waals surface area (Å²) in [7, 11) is 1.62. The molecule has 8 heteroatoms. The molecule has 1 aromatic rings. The molecule has 1 aliphatic heterocycles. The Balaban J connectivity index is 2.10. The zero-order valence-corrected chi connectivity index (χ0v) is 10.9. The number of halogens is 3. The number of alkyl halides is 3. The van der Waals surface area contributed by atoms with Crippen LogP contribution in [0.5, 0.6) is 0 Å². The van der Waals surface area contributed by atoms with Crippen LogP contribution in [0.4, 0.5) is 18.3 Å². The molecule has 2 unspecified atom stereocenters. The molecule has 2 rings (SSSR count). The number of piperidine rings is 1. The van der Waals surface area contributed by atoms with Crippen molar-refractivity contribution in [3.8, 4) is 0 Å². The van der Waals surface area contributed by atoms with Gasteiger partial charge >= 0.3 is 6.18 Å². The van der Waals surface area contributed by atoms with E-state index < -0.39 is 11.2 Å². The number of hydrogen-bond acceptors (Lipinski definition) is 5. The van der Waals surface area contributed by atoms with Gasteiger partial charge in [0.2, 0.25) is 10.1 Å². The summed E-state index contributed by atoms with van der Waals surface area (Å²) in [5.74, 6) is 0.404. The SMILES string of the molecule is COC1CN(c2nnc(C(F)(F)F)s2)CCC1C. The third-order valence-electron chi connectivity index (χ3n) is 3.12. The molecule has 1 fully saturated rings. The summed E-state index contributed by atoms with van der Waals surface area (Å²) in [6.45, 7) is 3.32. The first-order valence-electron chi connectivity index (χ1n) is 5.60. The predicted molar refractivity (Wildman–Crippen MR) is 61.7 cm³/mol. The van der Waals surface area contributed by atoms with Crippen molar-refractivity contribution in [1.82, 2.24) is 10.2 Å². The van der Waals surface area contributed by atoms with E-state index in [4.69, 9.17) is 4.74 Å². The van der Waals surface area contributed by atoms with Gasteiger partial charge in [-0.1, -0.05) is 18.3 Å². The van der Waals surface area contributed by atoms with E-state index in [0.29, 0.717) is 35.5 Å². The van der Waals surface area contributed by atoms with Gasteiger partial charge in [-0.2, -0.15) is 13.2 Å². The first-order chi connectivity index (χ1) is 8.41. The number of ether oxygens (including phenoxy) is 1. The van der Waals surface area contributed by atoms with Crippen LogP contribution in [0.25, 0.3) is 0 Å². The highest BCUT2D eigenvalue weighted by molar-refractivity contribution is 7.15. The van der Waals surface area contributed by atoms with Gasteiger partial charge in [-0.15, -0.1) is 10.2 Å². The van der Waals surface area contributed by atoms with Crippen molar-refractivity contribution in [2.45, 2.75) is 25.6 Å². The van der Waals surface area contributed by atoms with Gasteiger partial charge in [-0.05, 0) is 12.3 Å². The van der Waals surface area contributed by atoms with Gasteiger partial charge in [-0.3, -0.25) is 0 Å². The molecule has 0 aromatic carbocycles. The van der Waals surface area contributed by atoms with Gasteiger partial charge in [-0.25, -0.2) is 0 Å². The van der Waals surface area contributed by atoms with Crippen molar-refractivity contribution in [1.29, 1.82) is 0 Å². The quantitative estimate of drug-likeness (QED) is 0.834. The minimum Gasteiger partial charge on any atom is -0.379 e. The first-order valence-corrected chi connectivity index (χ1v) is 6.42. The molecule has 0 spiro atoms. The van der Waals surface area contributed by atoms with Crippen LogP contribution in [0, 0.1) is 5.92 Å². The molecule has 0 N–H and O–H groups in total. The number of aromatic nitrogens is 2. The van der Waals surface area contributed by atoms with E-state index >= 15 is 0 Å². The summed E-state index contributed by atoms with van der Waals surface area (Å²) in [6.07, 6.45) is -3.52. The van der Waals surface area contributed by atoms with Gasteiger partial charge in [0.05, 0.1) is 6.10 Å². The van der Waals surface area contributed by atoms with Crippen LogP contribution in [-0.2, 0) is 10.9 Å². The summed E-state index contributed by atoms with van der Waals surface area (Å²) in [5, 5.41) is 6.23. The number of rotatable bonds is 2. The third kappa shape index (κ3) is 2.74. The number of methoxy groups -OCH3 is 1. The smallest absolute Gasteiger partial charge is 0.379 e. The molecule has 1 aliphatic rings. The predicted octanol–water partition coefficient (Wildman–Crippen LogP) is 2.42. The second kappa shape index (κ2) is 5.00. The second-order valence-electron chi connectivity index (χ2n) is 4.37. The Labute approximate surface area is 107 Å². The molecule has 1 aromatic heterocycles. The van der Waals surface area contributed by atoms with Crippen molar-refractivity contribution in [2.75, 3.05) is 25.1 Å². The standard InChI is InChI=1S/C10H14F3N3OS/c1-6-3-4-16(5-7(6)17-2)9-15-14-8(18-9)10(11,12)13/h6-7H,3-5H2,1-2H3. The van der Waals surface area contributed by atoms with Crippen LogP contribution in [0.1, 0.15) is 18.4 Å². The molecule has 1 saturated heterocycles. The zero-order valence-electron chi connectivity index (χ0n) is 10.1. The molecule has 0 saturated carbocycles. The molecule has 102 valence electrons. The Morgan fingerprint density at radius 3 is 2.67 bits per heavy atom. The summed E-state index contributed by atoms with van der Waals surface area (Å²) in [6, 6.07) is 0. The fraction of sp³-hybridized carbons (Fsp3) is 0.800. The maximum atomic E-state index is 12.4. The van der Waals surface area contributed by atoms with Crippen molar-refractivity contribution < 1.29 is 17.9 Å². The summed E-state index contributed by atoms with van der Waals surface area (Å²) < 4.78 is 42.6. The van der Waals surface area contributed by atoms with E-state index in [0.717, 1.165) is 6.42 Å². The van der Waals surface area contributed by atoms with Crippen LogP contribution in [0.3, 0.4) is 0 Å². The lowest BCUT2D eigenvalue weighted by molar-refractivity contribution is -0.138. The van der Waals surface area contributed by atoms with E-state index in [1.807, 2.05) is 0 Å². The van der Waals surface area contributed by atoms with Gasteiger partial charge in [0.25, 0.3) is 0 Å². The summed E-state index contributed by atoms with van der Waals surface area (Å²) in [5.41, 5.74) is 0.